The van der Waals surface area contributed by atoms with Crippen LogP contribution in [0.5, 0.6) is 0 Å². The van der Waals surface area contributed by atoms with Gasteiger partial charge in [0.2, 0.25) is 11.7 Å². The third kappa shape index (κ3) is 4.44. The molecule has 2 aromatic heterocycles. The number of halogens is 1. The number of thioether (sulfide) groups is 1. The van der Waals surface area contributed by atoms with Crippen LogP contribution in [0.4, 0.5) is 5.82 Å². The summed E-state index contributed by atoms with van der Waals surface area (Å²) < 4.78 is 5.69. The van der Waals surface area contributed by atoms with Gasteiger partial charge in [-0.3, -0.25) is 0 Å². The molecule has 7 heteroatoms. The van der Waals surface area contributed by atoms with E-state index in [9.17, 15) is 0 Å². The van der Waals surface area contributed by atoms with E-state index in [1.165, 1.54) is 5.56 Å². The van der Waals surface area contributed by atoms with Gasteiger partial charge in [-0.25, -0.2) is 4.98 Å². The highest BCUT2D eigenvalue weighted by atomic mass is 35.5. The van der Waals surface area contributed by atoms with Crippen molar-refractivity contribution >= 4 is 29.2 Å². The van der Waals surface area contributed by atoms with Crippen molar-refractivity contribution in [2.45, 2.75) is 17.1 Å². The molecular formula is C22H19ClN4OS. The fraction of sp³-hybridized carbons (Fsp3) is 0.136. The Hall–Kier alpha value is -2.83. The molecule has 0 fully saturated rings. The molecule has 4 aromatic rings. The van der Waals surface area contributed by atoms with Crippen LogP contribution in [-0.2, 0) is 0 Å². The summed E-state index contributed by atoms with van der Waals surface area (Å²) in [6, 6.07) is 19.9. The van der Waals surface area contributed by atoms with Gasteiger partial charge in [0.25, 0.3) is 0 Å². The van der Waals surface area contributed by atoms with Gasteiger partial charge < -0.3 is 9.84 Å². The van der Waals surface area contributed by atoms with Crippen LogP contribution in [0.15, 0.2) is 76.3 Å². The molecular weight excluding hydrogens is 404 g/mol. The number of pyridine rings is 1. The molecule has 0 saturated heterocycles. The molecule has 0 aliphatic carbocycles. The predicted molar refractivity (Wildman–Crippen MR) is 117 cm³/mol. The highest BCUT2D eigenvalue weighted by Gasteiger charge is 2.24. The number of nitrogens with zero attached hydrogens (tertiary/aromatic N) is 3. The lowest BCUT2D eigenvalue weighted by atomic mass is 10.1. The third-order valence-corrected chi connectivity index (χ3v) is 5.90. The van der Waals surface area contributed by atoms with Crippen LogP contribution in [0.3, 0.4) is 0 Å². The zero-order valence-corrected chi connectivity index (χ0v) is 17.5. The average molecular weight is 423 g/mol. The molecule has 0 bridgehead atoms. The van der Waals surface area contributed by atoms with Crippen LogP contribution >= 0.6 is 23.4 Å². The van der Waals surface area contributed by atoms with Gasteiger partial charge in [0.1, 0.15) is 11.1 Å². The summed E-state index contributed by atoms with van der Waals surface area (Å²) in [5, 5.41) is 7.80. The van der Waals surface area contributed by atoms with E-state index in [-0.39, 0.29) is 5.25 Å². The maximum absolute atomic E-state index is 6.09. The Morgan fingerprint density at radius 2 is 1.79 bits per heavy atom. The summed E-state index contributed by atoms with van der Waals surface area (Å²) in [4.78, 5) is 10.1. The molecule has 0 amide bonds. The number of anilines is 1. The zero-order chi connectivity index (χ0) is 20.2. The fourth-order valence-corrected chi connectivity index (χ4v) is 4.07. The number of hydrogen-bond donors (Lipinski definition) is 1. The molecule has 2 aromatic carbocycles. The van der Waals surface area contributed by atoms with Crippen molar-refractivity contribution in [3.63, 3.8) is 0 Å². The van der Waals surface area contributed by atoms with Gasteiger partial charge in [0.05, 0.1) is 5.56 Å². The molecule has 0 spiro atoms. The maximum atomic E-state index is 6.09. The van der Waals surface area contributed by atoms with E-state index in [2.05, 4.69) is 46.6 Å². The monoisotopic (exact) mass is 422 g/mol. The standard InChI is InChI=1S/C22H19ClN4OS/c1-14-5-11-17(12-6-14)29-19(15-7-9-16(23)10-8-15)22-26-21(27-28-22)18-4-3-13-25-20(18)24-2/h3-13,19H,1-2H3,(H,24,25). The lowest BCUT2D eigenvalue weighted by molar-refractivity contribution is 0.384. The van der Waals surface area contributed by atoms with E-state index in [0.29, 0.717) is 22.6 Å². The van der Waals surface area contributed by atoms with Crippen molar-refractivity contribution in [1.29, 1.82) is 0 Å². The molecule has 1 unspecified atom stereocenters. The minimum atomic E-state index is -0.161. The summed E-state index contributed by atoms with van der Waals surface area (Å²) in [7, 11) is 1.82. The lowest BCUT2D eigenvalue weighted by Crippen LogP contribution is -1.98. The second-order valence-electron chi connectivity index (χ2n) is 6.47. The minimum absolute atomic E-state index is 0.161. The van der Waals surface area contributed by atoms with Gasteiger partial charge in [-0.1, -0.05) is 46.6 Å². The van der Waals surface area contributed by atoms with Crippen LogP contribution < -0.4 is 5.32 Å². The molecule has 0 aliphatic heterocycles. The first-order valence-corrected chi connectivity index (χ1v) is 10.4. The smallest absolute Gasteiger partial charge is 0.244 e. The number of benzene rings is 2. The zero-order valence-electron chi connectivity index (χ0n) is 16.0. The first-order chi connectivity index (χ1) is 14.1. The number of aryl methyl sites for hydroxylation is 1. The van der Waals surface area contributed by atoms with Crippen molar-refractivity contribution in [3.8, 4) is 11.4 Å². The van der Waals surface area contributed by atoms with Gasteiger partial charge in [0.15, 0.2) is 0 Å². The summed E-state index contributed by atoms with van der Waals surface area (Å²) >= 11 is 7.74. The van der Waals surface area contributed by atoms with Gasteiger partial charge >= 0.3 is 0 Å². The molecule has 5 nitrogen and oxygen atoms in total. The van der Waals surface area contributed by atoms with Crippen LogP contribution in [0.1, 0.15) is 22.3 Å². The summed E-state index contributed by atoms with van der Waals surface area (Å²) in [5.41, 5.74) is 3.05. The van der Waals surface area contributed by atoms with Gasteiger partial charge in [-0.05, 0) is 48.9 Å². The first kappa shape index (κ1) is 19.5. The van der Waals surface area contributed by atoms with Gasteiger partial charge in [-0.2, -0.15) is 4.98 Å². The first-order valence-electron chi connectivity index (χ1n) is 9.09. The molecule has 0 saturated carbocycles. The van der Waals surface area contributed by atoms with Crippen molar-refractivity contribution < 1.29 is 4.52 Å². The van der Waals surface area contributed by atoms with Crippen molar-refractivity contribution in [1.82, 2.24) is 15.1 Å². The molecule has 29 heavy (non-hydrogen) atoms. The maximum Gasteiger partial charge on any atom is 0.244 e. The van der Waals surface area contributed by atoms with E-state index in [4.69, 9.17) is 21.1 Å². The Kier molecular flexibility index (Phi) is 5.83. The molecule has 0 aliphatic rings. The van der Waals surface area contributed by atoms with E-state index in [1.807, 2.05) is 43.4 Å². The van der Waals surface area contributed by atoms with Crippen molar-refractivity contribution in [3.05, 3.63) is 88.9 Å². The topological polar surface area (TPSA) is 63.8 Å². The van der Waals surface area contributed by atoms with Crippen LogP contribution in [0, 0.1) is 6.92 Å². The highest BCUT2D eigenvalue weighted by molar-refractivity contribution is 7.99. The van der Waals surface area contributed by atoms with Crippen LogP contribution in [0.25, 0.3) is 11.4 Å². The normalized spacial score (nSPS) is 12.0. The average Bonchev–Trinajstić information content (AvgIpc) is 3.24. The largest absolute Gasteiger partial charge is 0.373 e. The molecule has 0 radical (unpaired) electrons. The highest BCUT2D eigenvalue weighted by Crippen LogP contribution is 2.41. The molecule has 146 valence electrons. The summed E-state index contributed by atoms with van der Waals surface area (Å²) in [5.74, 6) is 1.73. The number of nitrogens with one attached hydrogen (secondary N) is 1. The predicted octanol–water partition coefficient (Wildman–Crippen LogP) is 6.02. The van der Waals surface area contributed by atoms with E-state index in [1.54, 1.807) is 18.0 Å². The summed E-state index contributed by atoms with van der Waals surface area (Å²) in [6.07, 6.45) is 1.72. The second-order valence-corrected chi connectivity index (χ2v) is 8.08. The van der Waals surface area contributed by atoms with Crippen LogP contribution in [-0.4, -0.2) is 22.2 Å². The number of hydrogen-bond acceptors (Lipinski definition) is 6. The quantitative estimate of drug-likeness (QED) is 0.383. The van der Waals surface area contributed by atoms with Crippen molar-refractivity contribution in [2.24, 2.45) is 0 Å². The van der Waals surface area contributed by atoms with Gasteiger partial charge in [-0.15, -0.1) is 11.8 Å². The number of rotatable bonds is 6. The van der Waals surface area contributed by atoms with E-state index >= 15 is 0 Å². The van der Waals surface area contributed by atoms with Crippen LogP contribution in [0.2, 0.25) is 5.02 Å². The Morgan fingerprint density at radius 1 is 1.03 bits per heavy atom. The SMILES string of the molecule is CNc1ncccc1-c1noc(C(Sc2ccc(C)cc2)c2ccc(Cl)cc2)n1. The molecule has 1 N–H and O–H groups in total. The Morgan fingerprint density at radius 3 is 2.52 bits per heavy atom. The minimum Gasteiger partial charge on any atom is -0.373 e. The third-order valence-electron chi connectivity index (χ3n) is 4.40. The Balaban J connectivity index is 1.72. The second kappa shape index (κ2) is 8.68. The number of aromatic nitrogens is 3. The Bertz CT molecular complexity index is 1100. The molecule has 1 atom stereocenters. The van der Waals surface area contributed by atoms with Crippen molar-refractivity contribution in [2.75, 3.05) is 12.4 Å². The lowest BCUT2D eigenvalue weighted by Gasteiger charge is -2.13. The van der Waals surface area contributed by atoms with Gasteiger partial charge in [0, 0.05) is 23.2 Å². The Labute approximate surface area is 178 Å². The van der Waals surface area contributed by atoms with E-state index < -0.39 is 0 Å². The fourth-order valence-electron chi connectivity index (χ4n) is 2.89. The summed E-state index contributed by atoms with van der Waals surface area (Å²) in [6.45, 7) is 2.07. The molecule has 2 heterocycles. The van der Waals surface area contributed by atoms with E-state index in [0.717, 1.165) is 16.0 Å². The molecule has 4 rings (SSSR count).